The predicted octanol–water partition coefficient (Wildman–Crippen LogP) is 2.62. The van der Waals surface area contributed by atoms with Gasteiger partial charge in [-0.25, -0.2) is 21.6 Å². The maximum absolute atomic E-state index is 13.9. The molecule has 2 heterocycles. The van der Waals surface area contributed by atoms with E-state index in [1.807, 2.05) is 13.0 Å². The van der Waals surface area contributed by atoms with Gasteiger partial charge in [-0.15, -0.1) is 11.3 Å². The van der Waals surface area contributed by atoms with Gasteiger partial charge >= 0.3 is 0 Å². The van der Waals surface area contributed by atoms with E-state index in [1.54, 1.807) is 5.38 Å². The van der Waals surface area contributed by atoms with Crippen molar-refractivity contribution < 1.29 is 26.4 Å². The molecule has 1 aromatic carbocycles. The SMILES string of the molecule is Cc1ccsc1C(=O)N1CCN(S(=O)(=O)c2ccc(F)c(F)c2F)CC1. The number of amides is 1. The molecule has 2 aromatic rings. The van der Waals surface area contributed by atoms with Crippen LogP contribution in [0.25, 0.3) is 0 Å². The van der Waals surface area contributed by atoms with Crippen LogP contribution in [0.4, 0.5) is 13.2 Å². The third-order valence-corrected chi connectivity index (χ3v) is 7.12. The smallest absolute Gasteiger partial charge is 0.264 e. The van der Waals surface area contributed by atoms with E-state index in [0.717, 1.165) is 9.87 Å². The van der Waals surface area contributed by atoms with Gasteiger partial charge in [0.25, 0.3) is 5.91 Å². The number of hydrogen-bond donors (Lipinski definition) is 0. The highest BCUT2D eigenvalue weighted by Gasteiger charge is 2.34. The second-order valence-corrected chi connectivity index (χ2v) is 8.62. The summed E-state index contributed by atoms with van der Waals surface area (Å²) in [6.07, 6.45) is 0. The van der Waals surface area contributed by atoms with E-state index >= 15 is 0 Å². The van der Waals surface area contributed by atoms with Crippen LogP contribution in [0, 0.1) is 24.4 Å². The lowest BCUT2D eigenvalue weighted by molar-refractivity contribution is 0.0702. The average molecular weight is 404 g/mol. The Labute approximate surface area is 152 Å². The van der Waals surface area contributed by atoms with Gasteiger partial charge in [-0.1, -0.05) is 0 Å². The first-order valence-electron chi connectivity index (χ1n) is 7.70. The molecule has 0 bridgehead atoms. The Morgan fingerprint density at radius 2 is 1.69 bits per heavy atom. The van der Waals surface area contributed by atoms with Gasteiger partial charge in [0.05, 0.1) is 4.88 Å². The minimum absolute atomic E-state index is 0.0586. The molecule has 140 valence electrons. The van der Waals surface area contributed by atoms with Crippen LogP contribution in [0.3, 0.4) is 0 Å². The van der Waals surface area contributed by atoms with Crippen molar-refractivity contribution >= 4 is 27.3 Å². The number of nitrogens with zero attached hydrogens (tertiary/aromatic N) is 2. The van der Waals surface area contributed by atoms with E-state index in [-0.39, 0.29) is 32.1 Å². The zero-order valence-corrected chi connectivity index (χ0v) is 15.3. The fourth-order valence-corrected chi connectivity index (χ4v) is 5.08. The molecular weight excluding hydrogens is 389 g/mol. The topological polar surface area (TPSA) is 57.7 Å². The standard InChI is InChI=1S/C16H15F3N2O3S2/c1-10-4-9-25-15(10)16(22)20-5-7-21(8-6-20)26(23,24)12-3-2-11(17)13(18)14(12)19/h2-4,9H,5-8H2,1H3. The number of rotatable bonds is 3. The number of sulfonamides is 1. The van der Waals surface area contributed by atoms with E-state index in [2.05, 4.69) is 0 Å². The number of carbonyl (C=O) groups is 1. The summed E-state index contributed by atoms with van der Waals surface area (Å²) in [5.74, 6) is -5.21. The van der Waals surface area contributed by atoms with Gasteiger partial charge < -0.3 is 4.90 Å². The number of aryl methyl sites for hydroxylation is 1. The van der Waals surface area contributed by atoms with Gasteiger partial charge in [0.2, 0.25) is 10.0 Å². The van der Waals surface area contributed by atoms with Crippen molar-refractivity contribution in [1.82, 2.24) is 9.21 Å². The van der Waals surface area contributed by atoms with Crippen molar-refractivity contribution in [3.8, 4) is 0 Å². The van der Waals surface area contributed by atoms with Crippen molar-refractivity contribution in [1.29, 1.82) is 0 Å². The lowest BCUT2D eigenvalue weighted by Crippen LogP contribution is -2.50. The third kappa shape index (κ3) is 3.24. The normalized spacial score (nSPS) is 16.1. The maximum atomic E-state index is 13.9. The first kappa shape index (κ1) is 18.9. The summed E-state index contributed by atoms with van der Waals surface area (Å²) in [7, 11) is -4.33. The highest BCUT2D eigenvalue weighted by molar-refractivity contribution is 7.89. The molecule has 0 N–H and O–H groups in total. The summed E-state index contributed by atoms with van der Waals surface area (Å²) in [6, 6.07) is 3.10. The Kier molecular flexibility index (Phi) is 5.09. The Hall–Kier alpha value is -1.91. The third-order valence-electron chi connectivity index (χ3n) is 4.20. The van der Waals surface area contributed by atoms with E-state index in [0.29, 0.717) is 17.0 Å². The molecule has 3 rings (SSSR count). The molecule has 0 aliphatic carbocycles. The van der Waals surface area contributed by atoms with Gasteiger partial charge in [-0.3, -0.25) is 4.79 Å². The number of thiophene rings is 1. The van der Waals surface area contributed by atoms with E-state index in [4.69, 9.17) is 0 Å². The highest BCUT2D eigenvalue weighted by Crippen LogP contribution is 2.25. The zero-order valence-electron chi connectivity index (χ0n) is 13.7. The van der Waals surface area contributed by atoms with Crippen LogP contribution in [0.2, 0.25) is 0 Å². The predicted molar refractivity (Wildman–Crippen MR) is 90.0 cm³/mol. The molecule has 0 atom stereocenters. The first-order chi connectivity index (χ1) is 12.2. The van der Waals surface area contributed by atoms with Gasteiger partial charge in [0.15, 0.2) is 17.5 Å². The number of hydrogen-bond acceptors (Lipinski definition) is 4. The molecule has 1 aliphatic rings. The van der Waals surface area contributed by atoms with E-state index in [9.17, 15) is 26.4 Å². The Morgan fingerprint density at radius 3 is 2.27 bits per heavy atom. The number of piperazine rings is 1. The quantitative estimate of drug-likeness (QED) is 0.739. The van der Waals surface area contributed by atoms with Crippen LogP contribution in [-0.2, 0) is 10.0 Å². The monoisotopic (exact) mass is 404 g/mol. The van der Waals surface area contributed by atoms with Crippen LogP contribution in [-0.4, -0.2) is 49.7 Å². The zero-order chi connectivity index (χ0) is 19.1. The van der Waals surface area contributed by atoms with Crippen LogP contribution in [0.5, 0.6) is 0 Å². The Bertz CT molecular complexity index is 952. The largest absolute Gasteiger partial charge is 0.335 e. The summed E-state index contributed by atoms with van der Waals surface area (Å²) in [4.78, 5) is 13.7. The second-order valence-electron chi connectivity index (χ2n) is 5.80. The van der Waals surface area contributed by atoms with Crippen LogP contribution < -0.4 is 0 Å². The van der Waals surface area contributed by atoms with Crippen LogP contribution in [0.1, 0.15) is 15.2 Å². The minimum atomic E-state index is -4.33. The summed E-state index contributed by atoms with van der Waals surface area (Å²) >= 11 is 1.31. The summed E-state index contributed by atoms with van der Waals surface area (Å²) in [5.41, 5.74) is 0.846. The Balaban J connectivity index is 1.76. The summed E-state index contributed by atoms with van der Waals surface area (Å²) in [6.45, 7) is 1.95. The molecule has 26 heavy (non-hydrogen) atoms. The molecule has 0 spiro atoms. The second kappa shape index (κ2) is 7.01. The van der Waals surface area contributed by atoms with Crippen LogP contribution in [0.15, 0.2) is 28.5 Å². The van der Waals surface area contributed by atoms with Gasteiger partial charge in [-0.05, 0) is 36.1 Å². The summed E-state index contributed by atoms with van der Waals surface area (Å²) in [5, 5.41) is 1.80. The van der Waals surface area contributed by atoms with Gasteiger partial charge in [-0.2, -0.15) is 4.31 Å². The molecule has 1 saturated heterocycles. The average Bonchev–Trinajstić information content (AvgIpc) is 3.05. The first-order valence-corrected chi connectivity index (χ1v) is 10.0. The van der Waals surface area contributed by atoms with Crippen molar-refractivity contribution in [3.05, 3.63) is 51.5 Å². The fraction of sp³-hybridized carbons (Fsp3) is 0.312. The molecule has 1 aliphatic heterocycles. The van der Waals surface area contributed by atoms with Crippen molar-refractivity contribution in [2.75, 3.05) is 26.2 Å². The summed E-state index contributed by atoms with van der Waals surface area (Å²) < 4.78 is 66.3. The molecule has 0 unspecified atom stereocenters. The molecule has 1 aromatic heterocycles. The van der Waals surface area contributed by atoms with Crippen molar-refractivity contribution in [2.45, 2.75) is 11.8 Å². The lowest BCUT2D eigenvalue weighted by atomic mass is 10.2. The van der Waals surface area contributed by atoms with Gasteiger partial charge in [0, 0.05) is 26.2 Å². The van der Waals surface area contributed by atoms with Crippen LogP contribution >= 0.6 is 11.3 Å². The molecule has 10 heteroatoms. The molecule has 0 saturated carbocycles. The van der Waals surface area contributed by atoms with Crippen molar-refractivity contribution in [2.24, 2.45) is 0 Å². The van der Waals surface area contributed by atoms with Gasteiger partial charge in [0.1, 0.15) is 4.90 Å². The minimum Gasteiger partial charge on any atom is -0.335 e. The molecule has 0 radical (unpaired) electrons. The number of halogens is 3. The highest BCUT2D eigenvalue weighted by atomic mass is 32.2. The number of benzene rings is 1. The van der Waals surface area contributed by atoms with E-state index in [1.165, 1.54) is 16.2 Å². The molecule has 1 amide bonds. The number of carbonyl (C=O) groups excluding carboxylic acids is 1. The molecular formula is C16H15F3N2O3S2. The Morgan fingerprint density at radius 1 is 1.04 bits per heavy atom. The van der Waals surface area contributed by atoms with Crippen molar-refractivity contribution in [3.63, 3.8) is 0 Å². The fourth-order valence-electron chi connectivity index (χ4n) is 2.71. The maximum Gasteiger partial charge on any atom is 0.264 e. The van der Waals surface area contributed by atoms with E-state index < -0.39 is 32.4 Å². The lowest BCUT2D eigenvalue weighted by Gasteiger charge is -2.34. The molecule has 1 fully saturated rings. The molecule has 5 nitrogen and oxygen atoms in total.